The van der Waals surface area contributed by atoms with Crippen LogP contribution in [0.1, 0.15) is 5.56 Å². The van der Waals surface area contributed by atoms with Gasteiger partial charge in [0.15, 0.2) is 6.61 Å². The second kappa shape index (κ2) is 10.2. The van der Waals surface area contributed by atoms with Crippen LogP contribution in [0.2, 0.25) is 0 Å². The van der Waals surface area contributed by atoms with Gasteiger partial charge in [-0.2, -0.15) is 8.78 Å². The standard InChI is InChI=1S/C23H19F2NO4/c24-23(25)30-20-9-5-4-8-19(20)26-21(27)15-29-22(28)14-16-10-12-18(13-11-16)17-6-2-1-3-7-17/h1-13,23H,14-15H2,(H,26,27). The monoisotopic (exact) mass is 411 g/mol. The molecule has 0 fully saturated rings. The number of carbonyl (C=O) groups excluding carboxylic acids is 2. The van der Waals surface area contributed by atoms with Gasteiger partial charge < -0.3 is 14.8 Å². The zero-order valence-corrected chi connectivity index (χ0v) is 15.9. The van der Waals surface area contributed by atoms with Crippen molar-refractivity contribution in [2.24, 2.45) is 0 Å². The van der Waals surface area contributed by atoms with Crippen molar-refractivity contribution < 1.29 is 27.8 Å². The van der Waals surface area contributed by atoms with Gasteiger partial charge in [-0.1, -0.05) is 66.7 Å². The summed E-state index contributed by atoms with van der Waals surface area (Å²) in [5, 5.41) is 2.39. The summed E-state index contributed by atoms with van der Waals surface area (Å²) >= 11 is 0. The number of halogens is 2. The number of para-hydroxylation sites is 2. The Morgan fingerprint density at radius 3 is 2.17 bits per heavy atom. The Labute approximate surface area is 172 Å². The normalized spacial score (nSPS) is 10.5. The average Bonchev–Trinajstić information content (AvgIpc) is 2.74. The van der Waals surface area contributed by atoms with Crippen molar-refractivity contribution in [3.63, 3.8) is 0 Å². The van der Waals surface area contributed by atoms with E-state index in [2.05, 4.69) is 10.1 Å². The van der Waals surface area contributed by atoms with Crippen LogP contribution in [0.5, 0.6) is 5.75 Å². The van der Waals surface area contributed by atoms with Crippen molar-refractivity contribution in [1.29, 1.82) is 0 Å². The first-order valence-corrected chi connectivity index (χ1v) is 9.15. The Kier molecular flexibility index (Phi) is 7.10. The minimum atomic E-state index is -3.02. The van der Waals surface area contributed by atoms with Crippen molar-refractivity contribution in [1.82, 2.24) is 0 Å². The van der Waals surface area contributed by atoms with Gasteiger partial charge in [-0.3, -0.25) is 9.59 Å². The zero-order valence-electron chi connectivity index (χ0n) is 15.9. The molecule has 1 N–H and O–H groups in total. The van der Waals surface area contributed by atoms with Crippen LogP contribution in [0.15, 0.2) is 78.9 Å². The zero-order chi connectivity index (χ0) is 21.3. The third kappa shape index (κ3) is 6.13. The molecule has 0 aliphatic carbocycles. The first-order chi connectivity index (χ1) is 14.5. The van der Waals surface area contributed by atoms with Gasteiger partial charge in [0.25, 0.3) is 5.91 Å². The maximum absolute atomic E-state index is 12.4. The number of amides is 1. The highest BCUT2D eigenvalue weighted by atomic mass is 19.3. The smallest absolute Gasteiger partial charge is 0.387 e. The van der Waals surface area contributed by atoms with Crippen LogP contribution < -0.4 is 10.1 Å². The van der Waals surface area contributed by atoms with Gasteiger partial charge in [0, 0.05) is 0 Å². The number of nitrogens with one attached hydrogen (secondary N) is 1. The number of alkyl halides is 2. The number of rotatable bonds is 8. The van der Waals surface area contributed by atoms with Crippen LogP contribution in [-0.4, -0.2) is 25.1 Å². The molecule has 0 radical (unpaired) electrons. The maximum Gasteiger partial charge on any atom is 0.387 e. The lowest BCUT2D eigenvalue weighted by Crippen LogP contribution is -2.22. The fourth-order valence-corrected chi connectivity index (χ4v) is 2.76. The molecule has 0 aliphatic heterocycles. The lowest BCUT2D eigenvalue weighted by molar-refractivity contribution is -0.146. The van der Waals surface area contributed by atoms with Crippen LogP contribution in [0.3, 0.4) is 0 Å². The van der Waals surface area contributed by atoms with E-state index in [1.165, 1.54) is 18.2 Å². The Hall–Kier alpha value is -3.74. The lowest BCUT2D eigenvalue weighted by Gasteiger charge is -2.11. The predicted octanol–water partition coefficient (Wildman–Crippen LogP) is 4.68. The number of benzene rings is 3. The van der Waals surface area contributed by atoms with Crippen LogP contribution in [-0.2, 0) is 20.7 Å². The van der Waals surface area contributed by atoms with Gasteiger partial charge in [0.05, 0.1) is 12.1 Å². The van der Waals surface area contributed by atoms with Gasteiger partial charge in [0.2, 0.25) is 0 Å². The topological polar surface area (TPSA) is 64.6 Å². The molecule has 0 spiro atoms. The quantitative estimate of drug-likeness (QED) is 0.547. The summed E-state index contributed by atoms with van der Waals surface area (Å²) < 4.78 is 34.1. The van der Waals surface area contributed by atoms with E-state index >= 15 is 0 Å². The molecule has 0 atom stereocenters. The highest BCUT2D eigenvalue weighted by Crippen LogP contribution is 2.25. The maximum atomic E-state index is 12.4. The first-order valence-electron chi connectivity index (χ1n) is 9.15. The molecular formula is C23H19F2NO4. The molecule has 0 aliphatic rings. The number of ether oxygens (including phenoxy) is 2. The highest BCUT2D eigenvalue weighted by Gasteiger charge is 2.13. The minimum absolute atomic E-state index is 0.00737. The van der Waals surface area contributed by atoms with Gasteiger partial charge in [-0.15, -0.1) is 0 Å². The predicted molar refractivity (Wildman–Crippen MR) is 108 cm³/mol. The molecule has 0 saturated heterocycles. The van der Waals surface area contributed by atoms with Gasteiger partial charge >= 0.3 is 12.6 Å². The number of hydrogen-bond acceptors (Lipinski definition) is 4. The Morgan fingerprint density at radius 1 is 0.833 bits per heavy atom. The Balaban J connectivity index is 1.49. The second-order valence-electron chi connectivity index (χ2n) is 6.32. The van der Waals surface area contributed by atoms with E-state index in [4.69, 9.17) is 4.74 Å². The molecule has 0 aromatic heterocycles. The van der Waals surface area contributed by atoms with Gasteiger partial charge in [0.1, 0.15) is 5.75 Å². The van der Waals surface area contributed by atoms with E-state index in [9.17, 15) is 18.4 Å². The molecule has 7 heteroatoms. The number of hydrogen-bond donors (Lipinski definition) is 1. The third-order valence-corrected chi connectivity index (χ3v) is 4.15. The molecule has 30 heavy (non-hydrogen) atoms. The number of anilines is 1. The summed E-state index contributed by atoms with van der Waals surface area (Å²) in [5.41, 5.74) is 2.90. The minimum Gasteiger partial charge on any atom is -0.455 e. The Bertz CT molecular complexity index is 992. The van der Waals surface area contributed by atoms with Crippen LogP contribution in [0.25, 0.3) is 11.1 Å². The van der Waals surface area contributed by atoms with Crippen LogP contribution in [0.4, 0.5) is 14.5 Å². The summed E-state index contributed by atoms with van der Waals surface area (Å²) in [6, 6.07) is 23.0. The van der Waals surface area contributed by atoms with Gasteiger partial charge in [-0.05, 0) is 28.8 Å². The fourth-order valence-electron chi connectivity index (χ4n) is 2.76. The van der Waals surface area contributed by atoms with E-state index in [0.717, 1.165) is 16.7 Å². The second-order valence-corrected chi connectivity index (χ2v) is 6.32. The number of esters is 1. The van der Waals surface area contributed by atoms with Crippen molar-refractivity contribution >= 4 is 17.6 Å². The summed E-state index contributed by atoms with van der Waals surface area (Å²) in [6.07, 6.45) is 0.00737. The molecule has 0 unspecified atom stereocenters. The average molecular weight is 411 g/mol. The molecular weight excluding hydrogens is 392 g/mol. The van der Waals surface area contributed by atoms with Crippen molar-refractivity contribution in [3.8, 4) is 16.9 Å². The van der Waals surface area contributed by atoms with E-state index in [1.807, 2.05) is 54.6 Å². The summed E-state index contributed by atoms with van der Waals surface area (Å²) in [6.45, 7) is -3.56. The van der Waals surface area contributed by atoms with E-state index in [-0.39, 0.29) is 17.9 Å². The first kappa shape index (κ1) is 21.0. The molecule has 0 heterocycles. The van der Waals surface area contributed by atoms with Crippen LogP contribution in [0, 0.1) is 0 Å². The van der Waals surface area contributed by atoms with E-state index in [1.54, 1.807) is 6.07 Å². The SMILES string of the molecule is O=C(COC(=O)Cc1ccc(-c2ccccc2)cc1)Nc1ccccc1OC(F)F. The molecule has 0 saturated carbocycles. The van der Waals surface area contributed by atoms with Gasteiger partial charge in [-0.25, -0.2) is 0 Å². The molecule has 3 aromatic carbocycles. The van der Waals surface area contributed by atoms with E-state index in [0.29, 0.717) is 0 Å². The van der Waals surface area contributed by atoms with E-state index < -0.39 is 25.1 Å². The summed E-state index contributed by atoms with van der Waals surface area (Å²) in [4.78, 5) is 24.0. The highest BCUT2D eigenvalue weighted by molar-refractivity contribution is 5.94. The van der Waals surface area contributed by atoms with Crippen LogP contribution >= 0.6 is 0 Å². The fraction of sp³-hybridized carbons (Fsp3) is 0.130. The van der Waals surface area contributed by atoms with Crippen molar-refractivity contribution in [2.45, 2.75) is 13.0 Å². The number of carbonyl (C=O) groups is 2. The molecule has 3 aromatic rings. The molecule has 3 rings (SSSR count). The van der Waals surface area contributed by atoms with Crippen molar-refractivity contribution in [3.05, 3.63) is 84.4 Å². The largest absolute Gasteiger partial charge is 0.455 e. The molecule has 1 amide bonds. The molecule has 154 valence electrons. The summed E-state index contributed by atoms with van der Waals surface area (Å²) in [5.74, 6) is -1.41. The molecule has 0 bridgehead atoms. The Morgan fingerprint density at radius 2 is 1.47 bits per heavy atom. The lowest BCUT2D eigenvalue weighted by atomic mass is 10.0. The third-order valence-electron chi connectivity index (χ3n) is 4.15. The van der Waals surface area contributed by atoms with Crippen molar-refractivity contribution in [2.75, 3.05) is 11.9 Å². The summed E-state index contributed by atoms with van der Waals surface area (Å²) in [7, 11) is 0. The molecule has 5 nitrogen and oxygen atoms in total.